The van der Waals surface area contributed by atoms with Crippen molar-refractivity contribution in [3.05, 3.63) is 65.3 Å². The van der Waals surface area contributed by atoms with Crippen LogP contribution in [0.5, 0.6) is 0 Å². The number of hydrogen-bond acceptors (Lipinski definition) is 2. The van der Waals surface area contributed by atoms with Crippen molar-refractivity contribution in [2.45, 2.75) is 18.5 Å². The number of benzene rings is 2. The van der Waals surface area contributed by atoms with E-state index in [1.165, 1.54) is 16.8 Å². The highest BCUT2D eigenvalue weighted by atomic mass is 16.2. The molecule has 1 aromatic heterocycles. The molecule has 1 aliphatic carbocycles. The van der Waals surface area contributed by atoms with Crippen LogP contribution in [-0.2, 0) is 6.54 Å². The van der Waals surface area contributed by atoms with E-state index in [1.54, 1.807) is 0 Å². The van der Waals surface area contributed by atoms with Crippen molar-refractivity contribution < 1.29 is 4.79 Å². The first kappa shape index (κ1) is 13.3. The number of fused-ring (bicyclic) bond motifs is 10. The average molecular weight is 327 g/mol. The molecule has 122 valence electrons. The van der Waals surface area contributed by atoms with Crippen molar-refractivity contribution in [2.75, 3.05) is 12.4 Å². The maximum Gasteiger partial charge on any atom is 0.254 e. The molecule has 0 saturated carbocycles. The zero-order valence-corrected chi connectivity index (χ0v) is 13.8. The van der Waals surface area contributed by atoms with E-state index in [-0.39, 0.29) is 11.9 Å². The van der Waals surface area contributed by atoms with E-state index >= 15 is 0 Å². The van der Waals surface area contributed by atoms with Crippen molar-refractivity contribution in [3.63, 3.8) is 0 Å². The smallest absolute Gasteiger partial charge is 0.254 e. The number of carbonyl (C=O) groups is 1. The lowest BCUT2D eigenvalue weighted by Crippen LogP contribution is -2.18. The Hall–Kier alpha value is -3.01. The summed E-state index contributed by atoms with van der Waals surface area (Å²) >= 11 is 0. The Morgan fingerprint density at radius 1 is 1.16 bits per heavy atom. The quantitative estimate of drug-likeness (QED) is 0.658. The Labute approximate surface area is 144 Å². The maximum atomic E-state index is 13.0. The largest absolute Gasteiger partial charge is 0.376 e. The van der Waals surface area contributed by atoms with Crippen molar-refractivity contribution in [1.82, 2.24) is 9.88 Å². The molecule has 2 atom stereocenters. The van der Waals surface area contributed by atoms with Crippen LogP contribution in [0.2, 0.25) is 0 Å². The molecule has 2 unspecified atom stereocenters. The predicted molar refractivity (Wildman–Crippen MR) is 100 cm³/mol. The number of anilines is 1. The van der Waals surface area contributed by atoms with E-state index < -0.39 is 0 Å². The molecule has 0 fully saturated rings. The standard InChI is InChI=1S/C21H17N3O/c1-24-10-13-16-11-6-2-4-8-14(11)22-19(16)20-17(18(13)21(24)25)12-7-3-5-9-15(12)23-20/h2-9,11,14,22-23H,10H2,1H3. The van der Waals surface area contributed by atoms with E-state index in [1.807, 2.05) is 24.1 Å². The van der Waals surface area contributed by atoms with Crippen LogP contribution >= 0.6 is 0 Å². The van der Waals surface area contributed by atoms with Gasteiger partial charge >= 0.3 is 0 Å². The van der Waals surface area contributed by atoms with E-state index in [4.69, 9.17) is 0 Å². The minimum absolute atomic E-state index is 0.131. The number of carbonyl (C=O) groups excluding carboxylic acids is 1. The number of allylic oxidation sites excluding steroid dienone is 2. The lowest BCUT2D eigenvalue weighted by molar-refractivity contribution is 0.0818. The SMILES string of the molecule is CN1Cc2c3c(c4[nH]c5ccccc5c4c2C1=O)NC1C=CC=CC31. The highest BCUT2D eigenvalue weighted by Crippen LogP contribution is 2.50. The summed E-state index contributed by atoms with van der Waals surface area (Å²) in [5.41, 5.74) is 6.68. The van der Waals surface area contributed by atoms with Gasteiger partial charge in [0.05, 0.1) is 22.8 Å². The zero-order chi connectivity index (χ0) is 16.7. The molecule has 2 aromatic carbocycles. The van der Waals surface area contributed by atoms with Gasteiger partial charge in [-0.05, 0) is 17.2 Å². The maximum absolute atomic E-state index is 13.0. The molecule has 4 nitrogen and oxygen atoms in total. The number of nitrogens with one attached hydrogen (secondary N) is 2. The topological polar surface area (TPSA) is 48.1 Å². The Kier molecular flexibility index (Phi) is 2.31. The minimum atomic E-state index is 0.131. The van der Waals surface area contributed by atoms with Gasteiger partial charge in [0.1, 0.15) is 0 Å². The summed E-state index contributed by atoms with van der Waals surface area (Å²) in [5, 5.41) is 5.90. The van der Waals surface area contributed by atoms with Crippen molar-refractivity contribution in [1.29, 1.82) is 0 Å². The highest BCUT2D eigenvalue weighted by molar-refractivity contribution is 6.23. The van der Waals surface area contributed by atoms with Gasteiger partial charge in [0.15, 0.2) is 0 Å². The molecule has 25 heavy (non-hydrogen) atoms. The van der Waals surface area contributed by atoms with Crippen molar-refractivity contribution in [3.8, 4) is 0 Å². The van der Waals surface area contributed by atoms with Crippen LogP contribution in [0.4, 0.5) is 5.69 Å². The Balaban J connectivity index is 1.82. The summed E-state index contributed by atoms with van der Waals surface area (Å²) in [4.78, 5) is 18.4. The molecule has 6 rings (SSSR count). The number of para-hydroxylation sites is 1. The number of H-pyrrole nitrogens is 1. The number of hydrogen-bond donors (Lipinski definition) is 2. The van der Waals surface area contributed by atoms with Crippen LogP contribution in [0.25, 0.3) is 21.8 Å². The third kappa shape index (κ3) is 1.50. The second-order valence-corrected chi connectivity index (χ2v) is 7.19. The zero-order valence-electron chi connectivity index (χ0n) is 13.8. The molecule has 0 radical (unpaired) electrons. The number of rotatable bonds is 0. The summed E-state index contributed by atoms with van der Waals surface area (Å²) in [6.45, 7) is 0.689. The highest BCUT2D eigenvalue weighted by Gasteiger charge is 2.40. The first-order chi connectivity index (χ1) is 12.2. The average Bonchev–Trinajstić information content (AvgIpc) is 3.27. The van der Waals surface area contributed by atoms with Crippen molar-refractivity contribution >= 4 is 33.4 Å². The van der Waals surface area contributed by atoms with Crippen molar-refractivity contribution in [2.24, 2.45) is 0 Å². The van der Waals surface area contributed by atoms with Gasteiger partial charge in [0.2, 0.25) is 0 Å². The Morgan fingerprint density at radius 2 is 2.00 bits per heavy atom. The van der Waals surface area contributed by atoms with Crippen LogP contribution in [0, 0.1) is 0 Å². The number of aromatic amines is 1. The number of amides is 1. The van der Waals surface area contributed by atoms with Crippen LogP contribution < -0.4 is 5.32 Å². The lowest BCUT2D eigenvalue weighted by atomic mass is 9.86. The number of aromatic nitrogens is 1. The van der Waals surface area contributed by atoms with E-state index in [9.17, 15) is 4.79 Å². The number of nitrogens with zero attached hydrogens (tertiary/aromatic N) is 1. The van der Waals surface area contributed by atoms with Gasteiger partial charge in [-0.3, -0.25) is 4.79 Å². The van der Waals surface area contributed by atoms with Gasteiger partial charge in [-0.25, -0.2) is 0 Å². The predicted octanol–water partition coefficient (Wildman–Crippen LogP) is 3.91. The monoisotopic (exact) mass is 327 g/mol. The molecule has 0 spiro atoms. The second-order valence-electron chi connectivity index (χ2n) is 7.19. The van der Waals surface area contributed by atoms with Gasteiger partial charge < -0.3 is 15.2 Å². The van der Waals surface area contributed by atoms with Gasteiger partial charge in [-0.2, -0.15) is 0 Å². The fourth-order valence-electron chi connectivity index (χ4n) is 4.77. The van der Waals surface area contributed by atoms with E-state index in [0.29, 0.717) is 12.5 Å². The summed E-state index contributed by atoms with van der Waals surface area (Å²) in [6, 6.07) is 8.52. The van der Waals surface area contributed by atoms with Gasteiger partial charge in [-0.1, -0.05) is 42.5 Å². The molecule has 0 bridgehead atoms. The van der Waals surface area contributed by atoms with Gasteiger partial charge in [0.25, 0.3) is 5.91 Å². The molecular formula is C21H17N3O. The molecule has 3 aromatic rings. The summed E-state index contributed by atoms with van der Waals surface area (Å²) in [6.07, 6.45) is 8.67. The first-order valence-corrected chi connectivity index (χ1v) is 8.70. The molecule has 2 aliphatic heterocycles. The molecule has 2 N–H and O–H groups in total. The molecule has 0 saturated heterocycles. The Bertz CT molecular complexity index is 1150. The second kappa shape index (κ2) is 4.33. The molecule has 4 heteroatoms. The first-order valence-electron chi connectivity index (χ1n) is 8.70. The van der Waals surface area contributed by atoms with Crippen LogP contribution in [0.3, 0.4) is 0 Å². The minimum Gasteiger partial charge on any atom is -0.376 e. The molecular weight excluding hydrogens is 310 g/mol. The van der Waals surface area contributed by atoms with Gasteiger partial charge in [0, 0.05) is 35.8 Å². The third-order valence-corrected chi connectivity index (χ3v) is 5.84. The van der Waals surface area contributed by atoms with Crippen LogP contribution in [-0.4, -0.2) is 28.9 Å². The fourth-order valence-corrected chi connectivity index (χ4v) is 4.77. The van der Waals surface area contributed by atoms with Gasteiger partial charge in [-0.15, -0.1) is 0 Å². The lowest BCUT2D eigenvalue weighted by Gasteiger charge is -2.17. The van der Waals surface area contributed by atoms with Crippen LogP contribution in [0.15, 0.2) is 48.6 Å². The molecule has 3 heterocycles. The molecule has 1 amide bonds. The fraction of sp³-hybridized carbons (Fsp3) is 0.190. The van der Waals surface area contributed by atoms with Crippen LogP contribution in [0.1, 0.15) is 27.4 Å². The molecule has 3 aliphatic rings. The summed E-state index contributed by atoms with van der Waals surface area (Å²) in [7, 11) is 1.89. The summed E-state index contributed by atoms with van der Waals surface area (Å²) in [5.74, 6) is 0.426. The normalized spacial score (nSPS) is 23.2. The third-order valence-electron chi connectivity index (χ3n) is 5.84. The summed E-state index contributed by atoms with van der Waals surface area (Å²) < 4.78 is 0. The van der Waals surface area contributed by atoms with E-state index in [2.05, 4.69) is 46.7 Å². The van der Waals surface area contributed by atoms with E-state index in [0.717, 1.165) is 27.4 Å². The Morgan fingerprint density at radius 3 is 2.92 bits per heavy atom.